The third-order valence-electron chi connectivity index (χ3n) is 6.77. The minimum Gasteiger partial charge on any atom is -0.424 e. The molecule has 1 saturated heterocycles. The molecule has 2 heterocycles. The van der Waals surface area contributed by atoms with Crippen LogP contribution in [-0.2, 0) is 21.2 Å². The molecule has 4 rings (SSSR count). The van der Waals surface area contributed by atoms with Crippen LogP contribution in [0, 0.1) is 24.2 Å². The van der Waals surface area contributed by atoms with E-state index in [2.05, 4.69) is 27.3 Å². The average molecular weight is 688 g/mol. The SMILES string of the molecule is [C-]#[N+]COc1cc(S(=O)(=O)NC(C)=O)c(F)cc1NCC#Cc1sc2c(NC3CCN(C)CC3(F)F)cccc2c1CC(F)(F)F. The molecular weight excluding hydrogens is 660 g/mol. The molecule has 0 aliphatic carbocycles. The third kappa shape index (κ3) is 8.34. The molecule has 3 aromatic rings. The molecule has 1 unspecified atom stereocenters. The van der Waals surface area contributed by atoms with E-state index in [1.807, 2.05) is 0 Å². The number of nitrogens with zero attached hydrogens (tertiary/aromatic N) is 2. The number of carbonyl (C=O) groups excluding carboxylic acids is 1. The van der Waals surface area contributed by atoms with Gasteiger partial charge < -0.3 is 20.3 Å². The van der Waals surface area contributed by atoms with Crippen molar-refractivity contribution in [2.24, 2.45) is 0 Å². The van der Waals surface area contributed by atoms with Crippen LogP contribution in [-0.4, -0.2) is 70.8 Å². The summed E-state index contributed by atoms with van der Waals surface area (Å²) in [7, 11) is -3.02. The largest absolute Gasteiger partial charge is 0.424 e. The van der Waals surface area contributed by atoms with Gasteiger partial charge in [-0.3, -0.25) is 9.64 Å². The highest BCUT2D eigenvalue weighted by atomic mass is 32.2. The van der Waals surface area contributed by atoms with Crippen molar-refractivity contribution >= 4 is 48.7 Å². The second-order valence-corrected chi connectivity index (χ2v) is 13.1. The molecule has 1 aromatic heterocycles. The summed E-state index contributed by atoms with van der Waals surface area (Å²) < 4.78 is 117. The first-order valence-electron chi connectivity index (χ1n) is 13.5. The van der Waals surface area contributed by atoms with Gasteiger partial charge in [-0.25, -0.2) is 32.9 Å². The van der Waals surface area contributed by atoms with Crippen LogP contribution >= 0.6 is 11.3 Å². The van der Waals surface area contributed by atoms with E-state index in [0.717, 1.165) is 30.4 Å². The summed E-state index contributed by atoms with van der Waals surface area (Å²) in [6, 6.07) is 4.78. The zero-order chi connectivity index (χ0) is 33.9. The molecule has 246 valence electrons. The molecule has 1 aliphatic rings. The molecular formula is C29H27F6N5O4S2. The van der Waals surface area contributed by atoms with E-state index in [4.69, 9.17) is 11.3 Å². The number of hydrogen-bond donors (Lipinski definition) is 3. The molecule has 1 fully saturated rings. The van der Waals surface area contributed by atoms with Gasteiger partial charge in [-0.15, -0.1) is 11.3 Å². The molecule has 3 N–H and O–H groups in total. The number of likely N-dealkylation sites (tertiary alicyclic amines) is 1. The number of halogens is 6. The maximum absolute atomic E-state index is 14.8. The summed E-state index contributed by atoms with van der Waals surface area (Å²) in [6.45, 7) is 6.96. The van der Waals surface area contributed by atoms with Crippen LogP contribution in [0.4, 0.5) is 37.7 Å². The lowest BCUT2D eigenvalue weighted by Crippen LogP contribution is -2.53. The molecule has 46 heavy (non-hydrogen) atoms. The van der Waals surface area contributed by atoms with Crippen LogP contribution in [0.25, 0.3) is 14.9 Å². The van der Waals surface area contributed by atoms with Gasteiger partial charge in [-0.2, -0.15) is 13.2 Å². The highest BCUT2D eigenvalue weighted by Crippen LogP contribution is 2.40. The number of sulfonamides is 1. The summed E-state index contributed by atoms with van der Waals surface area (Å²) in [5, 5.41) is 5.74. The Morgan fingerprint density at radius 3 is 2.65 bits per heavy atom. The van der Waals surface area contributed by atoms with Gasteiger partial charge >= 0.3 is 12.9 Å². The van der Waals surface area contributed by atoms with Gasteiger partial charge in [0, 0.05) is 25.6 Å². The fourth-order valence-electron chi connectivity index (χ4n) is 4.84. The van der Waals surface area contributed by atoms with Crippen molar-refractivity contribution in [2.75, 3.05) is 44.0 Å². The van der Waals surface area contributed by atoms with Crippen LogP contribution in [0.5, 0.6) is 5.75 Å². The Kier molecular flexibility index (Phi) is 10.3. The monoisotopic (exact) mass is 687 g/mol. The molecule has 0 saturated carbocycles. The number of ether oxygens (including phenoxy) is 1. The van der Waals surface area contributed by atoms with E-state index in [0.29, 0.717) is 11.2 Å². The van der Waals surface area contributed by atoms with Gasteiger partial charge in [-0.1, -0.05) is 24.0 Å². The van der Waals surface area contributed by atoms with Crippen LogP contribution in [0.1, 0.15) is 23.8 Å². The Balaban J connectivity index is 1.65. The quantitative estimate of drug-likeness (QED) is 0.157. The molecule has 0 radical (unpaired) electrons. The highest BCUT2D eigenvalue weighted by molar-refractivity contribution is 7.90. The maximum Gasteiger partial charge on any atom is 0.393 e. The van der Waals surface area contributed by atoms with Crippen LogP contribution in [0.2, 0.25) is 0 Å². The Morgan fingerprint density at radius 2 is 2.00 bits per heavy atom. The van der Waals surface area contributed by atoms with Gasteiger partial charge in [0.25, 0.3) is 15.9 Å². The standard InChI is InChI=1S/C29H27F6N5O4S2/c1-17(41)39-46(42,43)25-13-23(44-16-36-2)22(12-20(25)30)37-10-5-8-24-19(14-29(33,34)35)18-6-4-7-21(27(18)45-24)38-26-9-11-40(3)15-28(26,31)32/h4,6-7,12-13,26,37-38H,9-11,14-16H2,1,3H3,(H,39,41). The minimum absolute atomic E-state index is 0.0471. The van der Waals surface area contributed by atoms with Crippen molar-refractivity contribution in [1.29, 1.82) is 0 Å². The molecule has 9 nitrogen and oxygen atoms in total. The summed E-state index contributed by atoms with van der Waals surface area (Å²) >= 11 is 0.915. The van der Waals surface area contributed by atoms with Crippen molar-refractivity contribution in [3.8, 4) is 17.6 Å². The van der Waals surface area contributed by atoms with Gasteiger partial charge in [0.15, 0.2) is 5.75 Å². The van der Waals surface area contributed by atoms with Crippen LogP contribution in [0.3, 0.4) is 0 Å². The zero-order valence-electron chi connectivity index (χ0n) is 24.3. The number of fused-ring (bicyclic) bond motifs is 1. The summed E-state index contributed by atoms with van der Waals surface area (Å²) in [5.41, 5.74) is 0.0192. The van der Waals surface area contributed by atoms with E-state index in [-0.39, 0.29) is 45.9 Å². The molecule has 0 spiro atoms. The van der Waals surface area contributed by atoms with Gasteiger partial charge in [0.05, 0.1) is 46.5 Å². The van der Waals surface area contributed by atoms with Gasteiger partial charge in [-0.05, 0) is 30.5 Å². The normalized spacial score (nSPS) is 16.6. The zero-order valence-corrected chi connectivity index (χ0v) is 26.0. The molecule has 0 bridgehead atoms. The summed E-state index contributed by atoms with van der Waals surface area (Å²) in [5.74, 6) is -0.220. The number of benzene rings is 2. The van der Waals surface area contributed by atoms with E-state index < -0.39 is 64.5 Å². The Hall–Kier alpha value is -4.19. The number of hydrogen-bond acceptors (Lipinski definition) is 8. The highest BCUT2D eigenvalue weighted by Gasteiger charge is 2.44. The first-order valence-corrected chi connectivity index (χ1v) is 15.8. The number of amides is 1. The number of piperidine rings is 1. The fourth-order valence-corrected chi connectivity index (χ4v) is 7.08. The molecule has 1 amide bonds. The average Bonchev–Trinajstić information content (AvgIpc) is 3.27. The van der Waals surface area contributed by atoms with Crippen molar-refractivity contribution in [3.63, 3.8) is 0 Å². The Bertz CT molecular complexity index is 1840. The second-order valence-electron chi connectivity index (χ2n) is 10.4. The predicted octanol–water partition coefficient (Wildman–Crippen LogP) is 5.44. The van der Waals surface area contributed by atoms with E-state index >= 15 is 0 Å². The number of carbonyl (C=O) groups is 1. The molecule has 17 heteroatoms. The number of thiophene rings is 1. The number of anilines is 2. The molecule has 1 atom stereocenters. The third-order valence-corrected chi connectivity index (χ3v) is 9.42. The van der Waals surface area contributed by atoms with E-state index in [1.54, 1.807) is 11.8 Å². The smallest absolute Gasteiger partial charge is 0.393 e. The number of rotatable bonds is 9. The Labute approximate surface area is 264 Å². The van der Waals surface area contributed by atoms with Crippen molar-refractivity contribution in [1.82, 2.24) is 9.62 Å². The van der Waals surface area contributed by atoms with E-state index in [1.165, 1.54) is 23.1 Å². The van der Waals surface area contributed by atoms with Crippen LogP contribution < -0.4 is 20.1 Å². The summed E-state index contributed by atoms with van der Waals surface area (Å²) in [4.78, 5) is 14.9. The maximum atomic E-state index is 14.8. The molecule has 2 aromatic carbocycles. The van der Waals surface area contributed by atoms with Gasteiger partial charge in [0.1, 0.15) is 10.7 Å². The minimum atomic E-state index is -4.60. The predicted molar refractivity (Wildman–Crippen MR) is 161 cm³/mol. The Morgan fingerprint density at radius 1 is 1.26 bits per heavy atom. The summed E-state index contributed by atoms with van der Waals surface area (Å²) in [6.07, 6.45) is -5.79. The van der Waals surface area contributed by atoms with Gasteiger partial charge in [0.2, 0.25) is 5.91 Å². The van der Waals surface area contributed by atoms with Crippen molar-refractivity contribution in [2.45, 2.75) is 42.8 Å². The second kappa shape index (κ2) is 13.7. The lowest BCUT2D eigenvalue weighted by molar-refractivity contribution is -0.127. The number of alkyl halides is 5. The fraction of sp³-hybridized carbons (Fsp3) is 0.379. The topological polar surface area (TPSA) is 104 Å². The van der Waals surface area contributed by atoms with E-state index in [9.17, 15) is 39.6 Å². The first-order chi connectivity index (χ1) is 21.5. The first kappa shape index (κ1) is 34.7. The van der Waals surface area contributed by atoms with Crippen molar-refractivity contribution < 1.29 is 44.3 Å². The lowest BCUT2D eigenvalue weighted by atomic mass is 10.0. The molecule has 1 aliphatic heterocycles. The lowest BCUT2D eigenvalue weighted by Gasteiger charge is -2.37. The van der Waals surface area contributed by atoms with Crippen molar-refractivity contribution in [3.05, 3.63) is 58.0 Å². The van der Waals surface area contributed by atoms with Crippen LogP contribution in [0.15, 0.2) is 35.2 Å². The number of nitrogens with one attached hydrogen (secondary N) is 3.